The largest absolute Gasteiger partial charge is 0.362 e. The molecule has 1 amide bonds. The van der Waals surface area contributed by atoms with E-state index in [1.165, 1.54) is 17.9 Å². The molecule has 158 valence electrons. The average molecular weight is 389 g/mol. The molecule has 0 saturated carbocycles. The molecule has 5 heteroatoms. The summed E-state index contributed by atoms with van der Waals surface area (Å²) in [5, 5.41) is 6.45. The van der Waals surface area contributed by atoms with Gasteiger partial charge < -0.3 is 10.6 Å². The van der Waals surface area contributed by atoms with Crippen LogP contribution in [0.5, 0.6) is 0 Å². The van der Waals surface area contributed by atoms with Gasteiger partial charge in [-0.25, -0.2) is 0 Å². The van der Waals surface area contributed by atoms with Crippen molar-refractivity contribution >= 4 is 5.91 Å². The first kappa shape index (κ1) is 21.4. The topological polar surface area (TPSA) is 47.6 Å². The smallest absolute Gasteiger partial charge is 0.220 e. The van der Waals surface area contributed by atoms with Gasteiger partial charge in [0.2, 0.25) is 5.91 Å². The van der Waals surface area contributed by atoms with E-state index in [0.29, 0.717) is 17.5 Å². The van der Waals surface area contributed by atoms with Gasteiger partial charge in [-0.3, -0.25) is 14.6 Å². The minimum absolute atomic E-state index is 0.246. The second kappa shape index (κ2) is 7.83. The highest BCUT2D eigenvalue weighted by atomic mass is 16.2. The lowest BCUT2D eigenvalue weighted by Gasteiger charge is -2.42. The number of nitrogens with zero attached hydrogens (tertiary/aromatic N) is 2. The van der Waals surface area contributed by atoms with Gasteiger partial charge in [0.15, 0.2) is 0 Å². The molecule has 2 fully saturated rings. The molecule has 4 aliphatic rings. The number of amides is 1. The number of fused-ring (bicyclic) bond motifs is 1. The van der Waals surface area contributed by atoms with Crippen molar-refractivity contribution in [1.82, 2.24) is 20.4 Å². The summed E-state index contributed by atoms with van der Waals surface area (Å²) < 4.78 is 0. The summed E-state index contributed by atoms with van der Waals surface area (Å²) in [4.78, 5) is 16.3. The highest BCUT2D eigenvalue weighted by Crippen LogP contribution is 2.31. The number of piperidine rings is 1. The zero-order chi connectivity index (χ0) is 20.7. The predicted octanol–water partition coefficient (Wildman–Crippen LogP) is 3.25. The van der Waals surface area contributed by atoms with Crippen LogP contribution >= 0.6 is 0 Å². The molecule has 4 rings (SSSR count). The Labute approximate surface area is 171 Å². The van der Waals surface area contributed by atoms with Crippen LogP contribution in [0.4, 0.5) is 0 Å². The molecule has 0 aromatic carbocycles. The van der Waals surface area contributed by atoms with Crippen molar-refractivity contribution in [3.63, 3.8) is 0 Å². The third-order valence-corrected chi connectivity index (χ3v) is 6.62. The van der Waals surface area contributed by atoms with E-state index in [0.717, 1.165) is 45.3 Å². The van der Waals surface area contributed by atoms with Crippen molar-refractivity contribution in [2.45, 2.75) is 84.3 Å². The summed E-state index contributed by atoms with van der Waals surface area (Å²) >= 11 is 0. The first-order valence-corrected chi connectivity index (χ1v) is 10.9. The SMILES string of the molecule is C=C1CC2=C(CCN(C(C)(C)C)C2)N1.CC(C)(C)N1CCC2NC(=O)CC2C1. The minimum atomic E-state index is 0.246. The Balaban J connectivity index is 0.000000161. The normalized spacial score (nSPS) is 28.9. The van der Waals surface area contributed by atoms with Crippen LogP contribution in [-0.4, -0.2) is 59.0 Å². The molecule has 2 atom stereocenters. The van der Waals surface area contributed by atoms with Crippen LogP contribution in [0.15, 0.2) is 23.5 Å². The Hall–Kier alpha value is -1.33. The number of carbonyl (C=O) groups excluding carboxylic acids is 1. The van der Waals surface area contributed by atoms with Gasteiger partial charge in [0.1, 0.15) is 0 Å². The van der Waals surface area contributed by atoms with E-state index < -0.39 is 0 Å². The van der Waals surface area contributed by atoms with Crippen molar-refractivity contribution < 1.29 is 4.79 Å². The predicted molar refractivity (Wildman–Crippen MR) is 116 cm³/mol. The molecular weight excluding hydrogens is 348 g/mol. The minimum Gasteiger partial charge on any atom is -0.362 e. The quantitative estimate of drug-likeness (QED) is 0.669. The van der Waals surface area contributed by atoms with Gasteiger partial charge in [0.05, 0.1) is 0 Å². The van der Waals surface area contributed by atoms with Gasteiger partial charge in [-0.2, -0.15) is 0 Å². The number of nitrogens with one attached hydrogen (secondary N) is 2. The molecule has 28 heavy (non-hydrogen) atoms. The van der Waals surface area contributed by atoms with Gasteiger partial charge in [-0.1, -0.05) is 6.58 Å². The Morgan fingerprint density at radius 3 is 2.36 bits per heavy atom. The van der Waals surface area contributed by atoms with Gasteiger partial charge in [0, 0.05) is 79.9 Å². The molecule has 5 nitrogen and oxygen atoms in total. The van der Waals surface area contributed by atoms with Crippen LogP contribution in [-0.2, 0) is 4.79 Å². The van der Waals surface area contributed by atoms with E-state index in [4.69, 9.17) is 0 Å². The van der Waals surface area contributed by atoms with Crippen LogP contribution in [0.1, 0.15) is 67.2 Å². The first-order chi connectivity index (χ1) is 12.9. The zero-order valence-corrected chi connectivity index (χ0v) is 18.8. The molecule has 0 aromatic rings. The number of carbonyl (C=O) groups is 1. The highest BCUT2D eigenvalue weighted by Gasteiger charge is 2.39. The maximum Gasteiger partial charge on any atom is 0.220 e. The molecule has 2 unspecified atom stereocenters. The monoisotopic (exact) mass is 388 g/mol. The summed E-state index contributed by atoms with van der Waals surface area (Å²) in [5.41, 5.74) is 4.71. The van der Waals surface area contributed by atoms with E-state index in [9.17, 15) is 4.79 Å². The fourth-order valence-electron chi connectivity index (χ4n) is 4.77. The van der Waals surface area contributed by atoms with E-state index in [2.05, 4.69) is 68.6 Å². The molecule has 4 heterocycles. The Morgan fingerprint density at radius 1 is 1.04 bits per heavy atom. The van der Waals surface area contributed by atoms with E-state index >= 15 is 0 Å². The number of rotatable bonds is 0. The van der Waals surface area contributed by atoms with Crippen molar-refractivity contribution in [2.24, 2.45) is 5.92 Å². The van der Waals surface area contributed by atoms with Crippen LogP contribution in [0.2, 0.25) is 0 Å². The average Bonchev–Trinajstić information content (AvgIpc) is 3.12. The molecule has 4 aliphatic heterocycles. The lowest BCUT2D eigenvalue weighted by Crippen LogP contribution is -2.51. The van der Waals surface area contributed by atoms with Crippen molar-refractivity contribution in [2.75, 3.05) is 26.2 Å². The van der Waals surface area contributed by atoms with Crippen molar-refractivity contribution in [1.29, 1.82) is 0 Å². The second-order valence-electron chi connectivity index (χ2n) is 10.9. The number of likely N-dealkylation sites (tertiary alicyclic amines) is 1. The van der Waals surface area contributed by atoms with Crippen LogP contribution in [0.25, 0.3) is 0 Å². The first-order valence-electron chi connectivity index (χ1n) is 10.9. The Morgan fingerprint density at radius 2 is 1.71 bits per heavy atom. The van der Waals surface area contributed by atoms with E-state index in [1.54, 1.807) is 5.57 Å². The van der Waals surface area contributed by atoms with Gasteiger partial charge in [0.25, 0.3) is 0 Å². The van der Waals surface area contributed by atoms with Crippen LogP contribution in [0, 0.1) is 5.92 Å². The fourth-order valence-corrected chi connectivity index (χ4v) is 4.77. The molecular formula is C23H40N4O. The van der Waals surface area contributed by atoms with Gasteiger partial charge in [-0.15, -0.1) is 0 Å². The standard InChI is InChI=1S/C12H20N2.C11H20N2O/c1-9-7-10-8-14(12(2,3)4)6-5-11(10)13-9;1-11(2,3)13-5-4-9-8(7-13)6-10(14)12-9/h13H,1,5-8H2,2-4H3;8-9H,4-7H2,1-3H3,(H,12,14). The van der Waals surface area contributed by atoms with Gasteiger partial charge >= 0.3 is 0 Å². The molecule has 2 N–H and O–H groups in total. The lowest BCUT2D eigenvalue weighted by molar-refractivity contribution is -0.119. The van der Waals surface area contributed by atoms with Crippen LogP contribution in [0.3, 0.4) is 0 Å². The lowest BCUT2D eigenvalue weighted by atomic mass is 9.90. The Bertz CT molecular complexity index is 650. The summed E-state index contributed by atoms with van der Waals surface area (Å²) in [6.07, 6.45) is 4.07. The summed E-state index contributed by atoms with van der Waals surface area (Å²) in [5.74, 6) is 0.797. The second-order valence-corrected chi connectivity index (χ2v) is 10.9. The van der Waals surface area contributed by atoms with E-state index in [1.807, 2.05) is 0 Å². The van der Waals surface area contributed by atoms with Crippen molar-refractivity contribution in [3.05, 3.63) is 23.5 Å². The Kier molecular flexibility index (Phi) is 5.98. The van der Waals surface area contributed by atoms with Crippen LogP contribution < -0.4 is 10.6 Å². The summed E-state index contributed by atoms with van der Waals surface area (Å²) in [6.45, 7) is 22.1. The zero-order valence-electron chi connectivity index (χ0n) is 18.8. The number of hydrogen-bond acceptors (Lipinski definition) is 4. The molecule has 2 saturated heterocycles. The maximum absolute atomic E-state index is 11.2. The third-order valence-electron chi connectivity index (χ3n) is 6.62. The molecule has 0 aliphatic carbocycles. The molecule has 0 spiro atoms. The third kappa shape index (κ3) is 4.98. The molecule has 0 bridgehead atoms. The molecule has 0 radical (unpaired) electrons. The molecule has 0 aromatic heterocycles. The highest BCUT2D eigenvalue weighted by molar-refractivity contribution is 5.79. The van der Waals surface area contributed by atoms with E-state index in [-0.39, 0.29) is 11.4 Å². The summed E-state index contributed by atoms with van der Waals surface area (Å²) in [6, 6.07) is 0.459. The summed E-state index contributed by atoms with van der Waals surface area (Å²) in [7, 11) is 0. The fraction of sp³-hybridized carbons (Fsp3) is 0.783. The number of allylic oxidation sites excluding steroid dienone is 1. The maximum atomic E-state index is 11.2. The van der Waals surface area contributed by atoms with Gasteiger partial charge in [-0.05, 0) is 53.5 Å². The number of hydrogen-bond donors (Lipinski definition) is 2. The van der Waals surface area contributed by atoms with Crippen molar-refractivity contribution in [3.8, 4) is 0 Å².